The molecule has 0 unspecified atom stereocenters. The zero-order valence-electron chi connectivity index (χ0n) is 11.3. The van der Waals surface area contributed by atoms with E-state index in [1.54, 1.807) is 0 Å². The summed E-state index contributed by atoms with van der Waals surface area (Å²) >= 11 is 1.29. The van der Waals surface area contributed by atoms with Crippen LogP contribution in [0.15, 0.2) is 29.2 Å². The predicted octanol–water partition coefficient (Wildman–Crippen LogP) is 2.76. The van der Waals surface area contributed by atoms with Gasteiger partial charge in [0, 0.05) is 10.4 Å². The van der Waals surface area contributed by atoms with Crippen molar-refractivity contribution in [2.45, 2.75) is 25.7 Å². The van der Waals surface area contributed by atoms with Crippen LogP contribution in [0, 0.1) is 13.8 Å². The van der Waals surface area contributed by atoms with Gasteiger partial charge in [0.05, 0.1) is 10.6 Å². The van der Waals surface area contributed by atoms with E-state index in [4.69, 9.17) is 0 Å². The molecule has 1 aromatic heterocycles. The molecule has 0 aliphatic carbocycles. The van der Waals surface area contributed by atoms with Crippen LogP contribution in [0.4, 0.5) is 5.13 Å². The second kappa shape index (κ2) is 5.34. The first-order valence-electron chi connectivity index (χ1n) is 5.87. The van der Waals surface area contributed by atoms with Gasteiger partial charge in [-0.25, -0.2) is 13.4 Å². The number of hydrogen-bond acceptors (Lipinski definition) is 5. The van der Waals surface area contributed by atoms with Crippen LogP contribution in [0.1, 0.15) is 27.9 Å². The van der Waals surface area contributed by atoms with E-state index in [-0.39, 0.29) is 10.7 Å². The van der Waals surface area contributed by atoms with Gasteiger partial charge in [0.1, 0.15) is 0 Å². The van der Waals surface area contributed by atoms with Gasteiger partial charge in [-0.15, -0.1) is 11.3 Å². The Morgan fingerprint density at radius 2 is 1.80 bits per heavy atom. The maximum absolute atomic E-state index is 12.2. The van der Waals surface area contributed by atoms with Gasteiger partial charge in [-0.05, 0) is 32.9 Å². The molecule has 1 N–H and O–H groups in total. The number of Topliss-reactive ketones (excluding diaryl/α,β-unsaturated/α-hetero) is 1. The summed E-state index contributed by atoms with van der Waals surface area (Å²) < 4.78 is 26.8. The van der Waals surface area contributed by atoms with Crippen molar-refractivity contribution in [1.29, 1.82) is 0 Å². The third kappa shape index (κ3) is 3.05. The molecule has 0 saturated heterocycles. The average Bonchev–Trinajstić information content (AvgIpc) is 2.67. The molecule has 7 heteroatoms. The summed E-state index contributed by atoms with van der Waals surface area (Å²) in [6.07, 6.45) is 0. The topological polar surface area (TPSA) is 76.1 Å². The van der Waals surface area contributed by atoms with E-state index >= 15 is 0 Å². The Morgan fingerprint density at radius 1 is 1.20 bits per heavy atom. The molecule has 0 fully saturated rings. The fourth-order valence-electron chi connectivity index (χ4n) is 1.56. The molecule has 0 saturated carbocycles. The Labute approximate surface area is 121 Å². The van der Waals surface area contributed by atoms with Crippen LogP contribution in [0.2, 0.25) is 0 Å². The van der Waals surface area contributed by atoms with Gasteiger partial charge in [-0.3, -0.25) is 9.52 Å². The number of carbonyl (C=O) groups is 1. The number of aromatic nitrogens is 1. The van der Waals surface area contributed by atoms with Crippen molar-refractivity contribution in [3.63, 3.8) is 0 Å². The Morgan fingerprint density at radius 3 is 2.25 bits per heavy atom. The highest BCUT2D eigenvalue weighted by atomic mass is 32.2. The zero-order valence-corrected chi connectivity index (χ0v) is 12.9. The summed E-state index contributed by atoms with van der Waals surface area (Å²) in [5, 5.41) is 0.343. The predicted molar refractivity (Wildman–Crippen MR) is 78.8 cm³/mol. The summed E-state index contributed by atoms with van der Waals surface area (Å²) in [5.41, 5.74) is 1.28. The van der Waals surface area contributed by atoms with Crippen molar-refractivity contribution >= 4 is 32.3 Å². The van der Waals surface area contributed by atoms with Gasteiger partial charge in [-0.2, -0.15) is 0 Å². The first-order valence-corrected chi connectivity index (χ1v) is 8.17. The highest BCUT2D eigenvalue weighted by molar-refractivity contribution is 7.93. The molecule has 1 aromatic carbocycles. The zero-order chi connectivity index (χ0) is 14.9. The molecule has 0 atom stereocenters. The summed E-state index contributed by atoms with van der Waals surface area (Å²) in [5.74, 6) is -0.104. The van der Waals surface area contributed by atoms with Crippen molar-refractivity contribution in [3.8, 4) is 0 Å². The highest BCUT2D eigenvalue weighted by Crippen LogP contribution is 2.24. The lowest BCUT2D eigenvalue weighted by Crippen LogP contribution is -2.13. The normalized spacial score (nSPS) is 11.3. The van der Waals surface area contributed by atoms with Gasteiger partial charge in [0.25, 0.3) is 10.0 Å². The van der Waals surface area contributed by atoms with E-state index in [0.717, 1.165) is 10.6 Å². The number of thiazole rings is 1. The molecule has 106 valence electrons. The van der Waals surface area contributed by atoms with Gasteiger partial charge >= 0.3 is 0 Å². The number of aryl methyl sites for hydroxylation is 2. The average molecular weight is 310 g/mol. The first-order chi connectivity index (χ1) is 9.29. The third-order valence-electron chi connectivity index (χ3n) is 2.82. The van der Waals surface area contributed by atoms with Crippen molar-refractivity contribution in [1.82, 2.24) is 4.98 Å². The van der Waals surface area contributed by atoms with Crippen LogP contribution in [0.3, 0.4) is 0 Å². The first kappa shape index (κ1) is 14.7. The summed E-state index contributed by atoms with van der Waals surface area (Å²) in [7, 11) is -3.67. The van der Waals surface area contributed by atoms with Gasteiger partial charge in [0.15, 0.2) is 10.9 Å². The number of hydrogen-bond donors (Lipinski definition) is 1. The number of nitrogens with one attached hydrogen (secondary N) is 1. The van der Waals surface area contributed by atoms with Crippen LogP contribution < -0.4 is 4.72 Å². The fraction of sp³-hybridized carbons (Fsp3) is 0.231. The maximum Gasteiger partial charge on any atom is 0.263 e. The van der Waals surface area contributed by atoms with Gasteiger partial charge in [0.2, 0.25) is 0 Å². The molecule has 0 radical (unpaired) electrons. The Kier molecular flexibility index (Phi) is 3.92. The van der Waals surface area contributed by atoms with Crippen LogP contribution in [0.5, 0.6) is 0 Å². The van der Waals surface area contributed by atoms with Crippen molar-refractivity contribution in [2.75, 3.05) is 4.72 Å². The largest absolute Gasteiger partial charge is 0.295 e. The molecule has 0 bridgehead atoms. The minimum atomic E-state index is -3.67. The van der Waals surface area contributed by atoms with Crippen LogP contribution in [0.25, 0.3) is 0 Å². The second-order valence-electron chi connectivity index (χ2n) is 4.35. The van der Waals surface area contributed by atoms with E-state index in [9.17, 15) is 13.2 Å². The molecule has 20 heavy (non-hydrogen) atoms. The monoisotopic (exact) mass is 310 g/mol. The standard InChI is InChI=1S/C13H14N2O3S2/c1-8-10(3)19-13(14-8)15-20(17,18)12-6-4-11(5-7-12)9(2)16/h4-7H,1-3H3,(H,14,15). The second-order valence-corrected chi connectivity index (χ2v) is 7.23. The molecule has 1 heterocycles. The number of nitrogens with zero attached hydrogens (tertiary/aromatic N) is 1. The maximum atomic E-state index is 12.2. The summed E-state index contributed by atoms with van der Waals surface area (Å²) in [6.45, 7) is 5.14. The molecule has 0 amide bonds. The molecular formula is C13H14N2O3S2. The Hall–Kier alpha value is -1.73. The van der Waals surface area contributed by atoms with Crippen LogP contribution >= 0.6 is 11.3 Å². The number of anilines is 1. The Balaban J connectivity index is 2.28. The quantitative estimate of drug-likeness (QED) is 0.881. The minimum absolute atomic E-state index is 0.104. The third-order valence-corrected chi connectivity index (χ3v) is 5.29. The van der Waals surface area contributed by atoms with Crippen LogP contribution in [-0.4, -0.2) is 19.2 Å². The molecular weight excluding hydrogens is 296 g/mol. The number of carbonyl (C=O) groups excluding carboxylic acids is 1. The lowest BCUT2D eigenvalue weighted by molar-refractivity contribution is 0.101. The summed E-state index contributed by atoms with van der Waals surface area (Å²) in [6, 6.07) is 5.81. The number of benzene rings is 1. The van der Waals surface area contributed by atoms with Gasteiger partial charge < -0.3 is 0 Å². The van der Waals surface area contributed by atoms with Crippen molar-refractivity contribution in [3.05, 3.63) is 40.4 Å². The van der Waals surface area contributed by atoms with E-state index in [0.29, 0.717) is 10.7 Å². The molecule has 0 aliphatic rings. The van der Waals surface area contributed by atoms with E-state index < -0.39 is 10.0 Å². The minimum Gasteiger partial charge on any atom is -0.295 e. The molecule has 2 rings (SSSR count). The van der Waals surface area contributed by atoms with Gasteiger partial charge in [-0.1, -0.05) is 12.1 Å². The molecule has 5 nitrogen and oxygen atoms in total. The lowest BCUT2D eigenvalue weighted by atomic mass is 10.2. The lowest BCUT2D eigenvalue weighted by Gasteiger charge is -2.05. The van der Waals surface area contributed by atoms with Crippen LogP contribution in [-0.2, 0) is 10.0 Å². The van der Waals surface area contributed by atoms with Crippen molar-refractivity contribution < 1.29 is 13.2 Å². The number of rotatable bonds is 4. The SMILES string of the molecule is CC(=O)c1ccc(S(=O)(=O)Nc2nc(C)c(C)s2)cc1. The number of sulfonamides is 1. The molecule has 2 aromatic rings. The smallest absolute Gasteiger partial charge is 0.263 e. The van der Waals surface area contributed by atoms with E-state index in [2.05, 4.69) is 9.71 Å². The van der Waals surface area contributed by atoms with E-state index in [1.165, 1.54) is 42.5 Å². The highest BCUT2D eigenvalue weighted by Gasteiger charge is 2.17. The number of ketones is 1. The Bertz CT molecular complexity index is 727. The molecule has 0 spiro atoms. The van der Waals surface area contributed by atoms with Crippen molar-refractivity contribution in [2.24, 2.45) is 0 Å². The van der Waals surface area contributed by atoms with E-state index in [1.807, 2.05) is 13.8 Å². The molecule has 0 aliphatic heterocycles. The fourth-order valence-corrected chi connectivity index (χ4v) is 3.61. The summed E-state index contributed by atoms with van der Waals surface area (Å²) in [4.78, 5) is 16.4.